The zero-order valence-electron chi connectivity index (χ0n) is 16.8. The van der Waals surface area contributed by atoms with E-state index < -0.39 is 21.9 Å². The van der Waals surface area contributed by atoms with E-state index in [2.05, 4.69) is 22.4 Å². The van der Waals surface area contributed by atoms with Crippen LogP contribution in [0.25, 0.3) is 21.8 Å². The van der Waals surface area contributed by atoms with Crippen LogP contribution in [-0.2, 0) is 4.79 Å². The quantitative estimate of drug-likeness (QED) is 0.264. The summed E-state index contributed by atoms with van der Waals surface area (Å²) < 4.78 is 7.25. The van der Waals surface area contributed by atoms with Crippen LogP contribution >= 0.6 is 0 Å². The first kappa shape index (κ1) is 20.7. The van der Waals surface area contributed by atoms with E-state index in [1.807, 2.05) is 54.6 Å². The van der Waals surface area contributed by atoms with Crippen molar-refractivity contribution in [2.24, 2.45) is 0 Å². The molecule has 1 aromatic heterocycles. The van der Waals surface area contributed by atoms with Gasteiger partial charge in [-0.15, -0.1) is 0 Å². The molecule has 4 aromatic rings. The Balaban J connectivity index is 1.34. The third kappa shape index (κ3) is 4.93. The van der Waals surface area contributed by atoms with Gasteiger partial charge < -0.3 is 5.11 Å². The molecule has 3 N–H and O–H groups in total. The van der Waals surface area contributed by atoms with Gasteiger partial charge in [-0.25, -0.2) is 0 Å². The standard InChI is InChI=1S/C24H24AsN2O3/c1-16(28)25-18-7-10-22-21(13-18)20-9-8-19(14-23(20)27-22)30-12-11-26-15-24(29)17-5-3-2-4-6-17/h2-10,13-14,24,26-27,29H,11-12,15H2,1H3. The molecule has 0 fully saturated rings. The second-order valence-electron chi connectivity index (χ2n) is 7.17. The Morgan fingerprint density at radius 1 is 1.07 bits per heavy atom. The molecule has 0 spiro atoms. The summed E-state index contributed by atoms with van der Waals surface area (Å²) in [4.78, 5) is 14.9. The van der Waals surface area contributed by atoms with Crippen LogP contribution in [0.5, 0.6) is 5.75 Å². The molecule has 0 aliphatic heterocycles. The Hall–Kier alpha value is -2.59. The number of ether oxygens (including phenoxy) is 1. The molecule has 153 valence electrons. The molecule has 5 nitrogen and oxygen atoms in total. The van der Waals surface area contributed by atoms with Crippen molar-refractivity contribution in [3.05, 3.63) is 72.3 Å². The molecule has 1 radical (unpaired) electrons. The normalized spacial score (nSPS) is 12.7. The van der Waals surface area contributed by atoms with Gasteiger partial charge in [0.25, 0.3) is 0 Å². The summed E-state index contributed by atoms with van der Waals surface area (Å²) in [6, 6.07) is 21.9. The Morgan fingerprint density at radius 2 is 1.90 bits per heavy atom. The number of aromatic nitrogens is 1. The van der Waals surface area contributed by atoms with Crippen LogP contribution in [-0.4, -0.2) is 50.1 Å². The van der Waals surface area contributed by atoms with Gasteiger partial charge in [0.05, 0.1) is 6.10 Å². The number of aromatic amines is 1. The van der Waals surface area contributed by atoms with E-state index in [0.717, 1.165) is 37.5 Å². The first-order valence-corrected chi connectivity index (χ1v) is 11.8. The predicted molar refractivity (Wildman–Crippen MR) is 122 cm³/mol. The summed E-state index contributed by atoms with van der Waals surface area (Å²) in [5.74, 6) is 0.801. The number of hydrogen-bond donors (Lipinski definition) is 3. The third-order valence-corrected chi connectivity index (χ3v) is 6.70. The third-order valence-electron chi connectivity index (χ3n) is 4.91. The number of benzene rings is 3. The molecule has 3 aromatic carbocycles. The number of nitrogens with one attached hydrogen (secondary N) is 2. The Morgan fingerprint density at radius 3 is 2.70 bits per heavy atom. The summed E-state index contributed by atoms with van der Waals surface area (Å²) in [6.45, 7) is 3.30. The van der Waals surface area contributed by atoms with Gasteiger partial charge in [0.2, 0.25) is 0 Å². The molecule has 1 atom stereocenters. The molecule has 1 heterocycles. The van der Waals surface area contributed by atoms with Gasteiger partial charge in [-0.3, -0.25) is 0 Å². The molecule has 0 amide bonds. The number of rotatable bonds is 9. The first-order valence-electron chi connectivity index (χ1n) is 9.94. The van der Waals surface area contributed by atoms with Crippen LogP contribution in [0, 0.1) is 0 Å². The topological polar surface area (TPSA) is 74.4 Å². The van der Waals surface area contributed by atoms with E-state index in [-0.39, 0.29) is 4.57 Å². The number of H-pyrrole nitrogens is 1. The number of carbonyl (C=O) groups is 1. The average Bonchev–Trinajstić information content (AvgIpc) is 3.10. The zero-order valence-corrected chi connectivity index (χ0v) is 18.6. The van der Waals surface area contributed by atoms with E-state index in [0.29, 0.717) is 19.7 Å². The van der Waals surface area contributed by atoms with Gasteiger partial charge in [0.1, 0.15) is 0 Å². The molecular formula is C24H24AsN2O3. The van der Waals surface area contributed by atoms with Crippen molar-refractivity contribution in [1.82, 2.24) is 10.3 Å². The molecule has 0 bridgehead atoms. The van der Waals surface area contributed by atoms with Crippen LogP contribution in [0.15, 0.2) is 66.7 Å². The molecule has 0 saturated carbocycles. The van der Waals surface area contributed by atoms with Crippen molar-refractivity contribution in [2.75, 3.05) is 19.7 Å². The molecular weight excluding hydrogens is 439 g/mol. The van der Waals surface area contributed by atoms with Gasteiger partial charge >= 0.3 is 135 Å². The zero-order chi connectivity index (χ0) is 20.9. The van der Waals surface area contributed by atoms with Crippen LogP contribution in [0.1, 0.15) is 18.6 Å². The van der Waals surface area contributed by atoms with E-state index in [9.17, 15) is 9.90 Å². The van der Waals surface area contributed by atoms with Gasteiger partial charge in [-0.05, 0) is 5.56 Å². The molecule has 0 aliphatic carbocycles. The van der Waals surface area contributed by atoms with E-state index in [4.69, 9.17) is 4.74 Å². The maximum absolute atomic E-state index is 11.5. The number of fused-ring (bicyclic) bond motifs is 3. The maximum atomic E-state index is 11.5. The number of aliphatic hydroxyl groups is 1. The van der Waals surface area contributed by atoms with Crippen LogP contribution in [0.4, 0.5) is 0 Å². The molecule has 0 aliphatic rings. The summed E-state index contributed by atoms with van der Waals surface area (Å²) in [7, 11) is 0. The fourth-order valence-corrected chi connectivity index (χ4v) is 4.97. The number of aliphatic hydroxyl groups excluding tert-OH is 1. The average molecular weight is 463 g/mol. The van der Waals surface area contributed by atoms with Crippen molar-refractivity contribution >= 4 is 46.5 Å². The first-order chi connectivity index (χ1) is 14.6. The summed E-state index contributed by atoms with van der Waals surface area (Å²) in [5, 5.41) is 15.7. The van der Waals surface area contributed by atoms with E-state index in [1.54, 1.807) is 6.92 Å². The minimum absolute atomic E-state index is 0.256. The second-order valence-corrected chi connectivity index (χ2v) is 10.0. The van der Waals surface area contributed by atoms with Gasteiger partial charge in [-0.2, -0.15) is 0 Å². The molecule has 1 unspecified atom stereocenters. The van der Waals surface area contributed by atoms with Crippen molar-refractivity contribution in [3.63, 3.8) is 0 Å². The van der Waals surface area contributed by atoms with Crippen LogP contribution < -0.4 is 14.4 Å². The molecule has 4 rings (SSSR count). The molecule has 0 saturated heterocycles. The van der Waals surface area contributed by atoms with Crippen molar-refractivity contribution in [2.45, 2.75) is 13.0 Å². The fourth-order valence-electron chi connectivity index (χ4n) is 3.48. The number of hydrogen-bond acceptors (Lipinski definition) is 4. The Bertz CT molecular complexity index is 1160. The van der Waals surface area contributed by atoms with Gasteiger partial charge in [0, 0.05) is 0 Å². The van der Waals surface area contributed by atoms with Crippen molar-refractivity contribution in [3.8, 4) is 5.75 Å². The minimum atomic E-state index is -0.524. The van der Waals surface area contributed by atoms with E-state index in [1.165, 1.54) is 0 Å². The van der Waals surface area contributed by atoms with Gasteiger partial charge in [0.15, 0.2) is 0 Å². The summed E-state index contributed by atoms with van der Waals surface area (Å²) in [5.41, 5.74) is 2.99. The SMILES string of the molecule is CC(=O)[As]c1ccc2[nH]c3cc(OCCNCC(O)c4ccccc4)ccc3c2c1. The molecule has 6 heteroatoms. The summed E-state index contributed by atoms with van der Waals surface area (Å²) >= 11 is -0.433. The van der Waals surface area contributed by atoms with Crippen molar-refractivity contribution in [1.29, 1.82) is 0 Å². The van der Waals surface area contributed by atoms with Gasteiger partial charge in [-0.1, -0.05) is 30.3 Å². The molecule has 30 heavy (non-hydrogen) atoms. The van der Waals surface area contributed by atoms with Crippen molar-refractivity contribution < 1.29 is 14.6 Å². The Labute approximate surface area is 182 Å². The summed E-state index contributed by atoms with van der Waals surface area (Å²) in [6.07, 6.45) is -0.524. The second kappa shape index (κ2) is 9.48. The number of carbonyl (C=O) groups excluding carboxylic acids is 1. The van der Waals surface area contributed by atoms with Crippen LogP contribution in [0.3, 0.4) is 0 Å². The fraction of sp³-hybridized carbons (Fsp3) is 0.208. The predicted octanol–water partition coefficient (Wildman–Crippen LogP) is 2.90. The van der Waals surface area contributed by atoms with E-state index >= 15 is 0 Å². The monoisotopic (exact) mass is 463 g/mol. The Kier molecular flexibility index (Phi) is 6.53. The van der Waals surface area contributed by atoms with Crippen LogP contribution in [0.2, 0.25) is 0 Å².